The number of fused-ring (bicyclic) bond motifs is 1. The fraction of sp³-hybridized carbons (Fsp3) is 0.211. The topological polar surface area (TPSA) is 114 Å². The molecule has 0 aromatic heterocycles. The summed E-state index contributed by atoms with van der Waals surface area (Å²) in [6.45, 7) is 0. The number of hydrogen-bond acceptors (Lipinski definition) is 6. The van der Waals surface area contributed by atoms with Gasteiger partial charge in [-0.15, -0.1) is 0 Å². The molecule has 150 valence electrons. The molecule has 0 radical (unpaired) electrons. The number of anilines is 2. The molecule has 0 heterocycles. The molecule has 2 aromatic carbocycles. The maximum absolute atomic E-state index is 13.0. The summed E-state index contributed by atoms with van der Waals surface area (Å²) >= 11 is 6.04. The second-order valence-electron chi connectivity index (χ2n) is 6.88. The smallest absolute Gasteiger partial charge is 0.270 e. The van der Waals surface area contributed by atoms with Crippen LogP contribution in [-0.4, -0.2) is 19.1 Å². The second-order valence-corrected chi connectivity index (χ2v) is 8.93. The largest absolute Gasteiger partial charge is 0.278 e. The lowest BCUT2D eigenvalue weighted by molar-refractivity contribution is -0.385. The van der Waals surface area contributed by atoms with E-state index >= 15 is 0 Å². The summed E-state index contributed by atoms with van der Waals surface area (Å²) in [5.41, 5.74) is 3.73. The zero-order valence-corrected chi connectivity index (χ0v) is 16.7. The molecule has 10 heteroatoms. The maximum Gasteiger partial charge on any atom is 0.270 e. The summed E-state index contributed by atoms with van der Waals surface area (Å²) in [6, 6.07) is 9.92. The predicted octanol–water partition coefficient (Wildman–Crippen LogP) is 4.41. The Kier molecular flexibility index (Phi) is 5.01. The first-order valence-electron chi connectivity index (χ1n) is 8.90. The normalized spacial score (nSPS) is 21.5. The molecule has 0 amide bonds. The van der Waals surface area contributed by atoms with Crippen molar-refractivity contribution in [1.82, 2.24) is 0 Å². The highest BCUT2D eigenvalue weighted by Crippen LogP contribution is 2.40. The third kappa shape index (κ3) is 3.83. The van der Waals surface area contributed by atoms with Crippen molar-refractivity contribution in [2.45, 2.75) is 17.7 Å². The van der Waals surface area contributed by atoms with E-state index in [1.165, 1.54) is 18.2 Å². The predicted molar refractivity (Wildman–Crippen MR) is 112 cm³/mol. The molecule has 2 N–H and O–H groups in total. The molecule has 1 saturated carbocycles. The van der Waals surface area contributed by atoms with Gasteiger partial charge in [-0.05, 0) is 37.0 Å². The Morgan fingerprint density at radius 3 is 2.69 bits per heavy atom. The highest BCUT2D eigenvalue weighted by atomic mass is 35.5. The number of hydrogen-bond donors (Lipinski definition) is 2. The molecule has 0 bridgehead atoms. The molecule has 0 aliphatic heterocycles. The van der Waals surface area contributed by atoms with Gasteiger partial charge in [0.25, 0.3) is 15.7 Å². The number of hydrazone groups is 1. The van der Waals surface area contributed by atoms with E-state index < -0.39 is 14.9 Å². The van der Waals surface area contributed by atoms with E-state index in [0.717, 1.165) is 24.6 Å². The zero-order valence-electron chi connectivity index (χ0n) is 15.1. The van der Waals surface area contributed by atoms with Gasteiger partial charge in [0.05, 0.1) is 21.3 Å². The Hall–Kier alpha value is -2.91. The van der Waals surface area contributed by atoms with Crippen molar-refractivity contribution in [3.05, 3.63) is 69.8 Å². The van der Waals surface area contributed by atoms with Crippen LogP contribution in [0.5, 0.6) is 0 Å². The minimum Gasteiger partial charge on any atom is -0.278 e. The molecule has 2 atom stereocenters. The number of nitro benzene ring substituents is 1. The molecule has 2 aromatic rings. The van der Waals surface area contributed by atoms with Crippen LogP contribution in [0.1, 0.15) is 12.8 Å². The van der Waals surface area contributed by atoms with E-state index in [1.54, 1.807) is 18.2 Å². The number of nitro groups is 1. The first-order valence-corrected chi connectivity index (χ1v) is 10.8. The molecule has 1 fully saturated rings. The lowest BCUT2D eigenvalue weighted by Gasteiger charge is -2.32. The monoisotopic (exact) mass is 432 g/mol. The van der Waals surface area contributed by atoms with Crippen molar-refractivity contribution < 1.29 is 13.3 Å². The Labute approximate surface area is 172 Å². The van der Waals surface area contributed by atoms with Gasteiger partial charge < -0.3 is 0 Å². The van der Waals surface area contributed by atoms with Gasteiger partial charge in [0.1, 0.15) is 4.90 Å². The van der Waals surface area contributed by atoms with Crippen LogP contribution in [0, 0.1) is 22.0 Å². The van der Waals surface area contributed by atoms with E-state index in [2.05, 4.69) is 27.4 Å². The quantitative estimate of drug-likeness (QED) is 0.398. The van der Waals surface area contributed by atoms with Gasteiger partial charge in [0.2, 0.25) is 0 Å². The average molecular weight is 433 g/mol. The van der Waals surface area contributed by atoms with Crippen LogP contribution in [0.25, 0.3) is 0 Å². The summed E-state index contributed by atoms with van der Waals surface area (Å²) in [7, 11) is -4.16. The Balaban J connectivity index is 1.66. The summed E-state index contributed by atoms with van der Waals surface area (Å²) in [4.78, 5) is 10.2. The third-order valence-electron chi connectivity index (χ3n) is 5.07. The van der Waals surface area contributed by atoms with Crippen molar-refractivity contribution in [2.24, 2.45) is 16.9 Å². The number of sulfonamides is 1. The van der Waals surface area contributed by atoms with E-state index in [9.17, 15) is 18.5 Å². The van der Waals surface area contributed by atoms with E-state index in [0.29, 0.717) is 11.8 Å². The molecule has 2 aliphatic rings. The van der Waals surface area contributed by atoms with E-state index in [4.69, 9.17) is 11.6 Å². The summed E-state index contributed by atoms with van der Waals surface area (Å²) in [5.74, 6) is 0.847. The number of nitrogens with one attached hydrogen (secondary N) is 2. The average Bonchev–Trinajstić information content (AvgIpc) is 3.04. The van der Waals surface area contributed by atoms with Gasteiger partial charge in [0, 0.05) is 23.8 Å². The van der Waals surface area contributed by atoms with Gasteiger partial charge in [-0.2, -0.15) is 5.10 Å². The van der Waals surface area contributed by atoms with Gasteiger partial charge in [-0.3, -0.25) is 20.3 Å². The number of non-ortho nitro benzene ring substituents is 1. The van der Waals surface area contributed by atoms with Gasteiger partial charge in [-0.25, -0.2) is 8.42 Å². The molecular weight excluding hydrogens is 416 g/mol. The van der Waals surface area contributed by atoms with E-state index in [1.807, 2.05) is 0 Å². The lowest BCUT2D eigenvalue weighted by atomic mass is 9.74. The Morgan fingerprint density at radius 2 is 1.97 bits per heavy atom. The molecule has 2 unspecified atom stereocenters. The maximum atomic E-state index is 13.0. The van der Waals surface area contributed by atoms with Gasteiger partial charge in [0.15, 0.2) is 0 Å². The number of nitrogens with zero attached hydrogens (tertiary/aromatic N) is 2. The van der Waals surface area contributed by atoms with Crippen molar-refractivity contribution in [2.75, 3.05) is 10.1 Å². The van der Waals surface area contributed by atoms with Crippen LogP contribution in [0.2, 0.25) is 5.02 Å². The number of para-hydroxylation sites is 1. The number of allylic oxidation sites excluding steroid dienone is 2. The van der Waals surface area contributed by atoms with Crippen LogP contribution in [0.3, 0.4) is 0 Å². The van der Waals surface area contributed by atoms with Crippen LogP contribution in [-0.2, 0) is 10.0 Å². The second kappa shape index (κ2) is 7.49. The molecule has 8 nitrogen and oxygen atoms in total. The third-order valence-corrected chi connectivity index (χ3v) is 6.80. The fourth-order valence-electron chi connectivity index (χ4n) is 3.48. The van der Waals surface area contributed by atoms with Crippen LogP contribution >= 0.6 is 11.6 Å². The molecule has 0 spiro atoms. The van der Waals surface area contributed by atoms with Crippen LogP contribution in [0.4, 0.5) is 17.1 Å². The molecule has 4 rings (SSSR count). The molecule has 29 heavy (non-hydrogen) atoms. The highest BCUT2D eigenvalue weighted by Gasteiger charge is 2.38. The summed E-state index contributed by atoms with van der Waals surface area (Å²) in [5, 5.41) is 15.7. The van der Waals surface area contributed by atoms with Crippen LogP contribution < -0.4 is 10.1 Å². The van der Waals surface area contributed by atoms with Crippen molar-refractivity contribution in [1.29, 1.82) is 0 Å². The molecule has 0 saturated heterocycles. The number of benzene rings is 2. The molecular formula is C19H17ClN4O4S. The minimum atomic E-state index is -4.16. The minimum absolute atomic E-state index is 0.150. The van der Waals surface area contributed by atoms with Gasteiger partial charge >= 0.3 is 0 Å². The lowest BCUT2D eigenvalue weighted by Crippen LogP contribution is -2.33. The number of rotatable bonds is 6. The Morgan fingerprint density at radius 1 is 1.17 bits per heavy atom. The highest BCUT2D eigenvalue weighted by molar-refractivity contribution is 7.93. The first kappa shape index (κ1) is 19.4. The van der Waals surface area contributed by atoms with Gasteiger partial charge in [-0.1, -0.05) is 35.9 Å². The standard InChI is InChI=1S/C19H17ClN4O4S/c20-15-6-1-2-7-16(15)23-29(27,28)19-11-13(24(25)26)8-9-17(19)21-22-18-10-12-4-3-5-14(12)18/h1-4,6-9,11-12,14,21,23H,5,10H2. The zero-order chi connectivity index (χ0) is 20.6. The summed E-state index contributed by atoms with van der Waals surface area (Å²) < 4.78 is 28.3. The van der Waals surface area contributed by atoms with Crippen molar-refractivity contribution in [3.63, 3.8) is 0 Å². The fourth-order valence-corrected chi connectivity index (χ4v) is 4.97. The SMILES string of the molecule is O=[N+]([O-])c1ccc(NN=C2CC3C=CCC23)c(S(=O)(=O)Nc2ccccc2Cl)c1. The van der Waals surface area contributed by atoms with Crippen molar-refractivity contribution >= 4 is 44.4 Å². The summed E-state index contributed by atoms with van der Waals surface area (Å²) in [6.07, 6.45) is 6.03. The Bertz CT molecular complexity index is 1150. The van der Waals surface area contributed by atoms with Crippen molar-refractivity contribution in [3.8, 4) is 0 Å². The molecule has 2 aliphatic carbocycles. The number of halogens is 1. The van der Waals surface area contributed by atoms with Crippen LogP contribution in [0.15, 0.2) is 64.6 Å². The first-order chi connectivity index (χ1) is 13.8. The van der Waals surface area contributed by atoms with E-state index in [-0.39, 0.29) is 27.0 Å².